The SMILES string of the molecule is Cc1cccnc1CNC(=O)[C@H]1N(C(=O)[C@@H]2C[C@@H](Cc3ccccc3)C(=O)O2)CSC1(C)C. The highest BCUT2D eigenvalue weighted by Crippen LogP contribution is 2.40. The number of cyclic esters (lactones) is 1. The fourth-order valence-corrected chi connectivity index (χ4v) is 5.56. The molecule has 2 amide bonds. The van der Waals surface area contributed by atoms with Gasteiger partial charge in [-0.25, -0.2) is 0 Å². The number of aryl methyl sites for hydroxylation is 1. The number of ether oxygens (including phenoxy) is 1. The number of nitrogens with zero attached hydrogens (tertiary/aromatic N) is 2. The fourth-order valence-electron chi connectivity index (χ4n) is 4.42. The Balaban J connectivity index is 1.43. The van der Waals surface area contributed by atoms with Crippen LogP contribution < -0.4 is 5.32 Å². The van der Waals surface area contributed by atoms with E-state index < -0.39 is 16.9 Å². The van der Waals surface area contributed by atoms with Crippen LogP contribution in [0.1, 0.15) is 37.1 Å². The number of aromatic nitrogens is 1. The summed E-state index contributed by atoms with van der Waals surface area (Å²) in [6, 6.07) is 12.8. The number of esters is 1. The predicted octanol–water partition coefficient (Wildman–Crippen LogP) is 2.86. The topological polar surface area (TPSA) is 88.6 Å². The van der Waals surface area contributed by atoms with Crippen molar-refractivity contribution in [1.29, 1.82) is 0 Å². The lowest BCUT2D eigenvalue weighted by Crippen LogP contribution is -2.55. The summed E-state index contributed by atoms with van der Waals surface area (Å²) in [5.41, 5.74) is 2.82. The van der Waals surface area contributed by atoms with Crippen molar-refractivity contribution in [2.24, 2.45) is 5.92 Å². The molecule has 0 aliphatic carbocycles. The van der Waals surface area contributed by atoms with Crippen LogP contribution in [0.3, 0.4) is 0 Å². The maximum Gasteiger partial charge on any atom is 0.310 e. The number of pyridine rings is 1. The molecule has 0 unspecified atom stereocenters. The molecule has 3 heterocycles. The summed E-state index contributed by atoms with van der Waals surface area (Å²) in [5, 5.41) is 2.95. The molecule has 3 atom stereocenters. The number of hydrogen-bond donors (Lipinski definition) is 1. The van der Waals surface area contributed by atoms with Crippen LogP contribution in [0.15, 0.2) is 48.7 Å². The molecule has 7 nitrogen and oxygen atoms in total. The Bertz CT molecular complexity index is 1040. The summed E-state index contributed by atoms with van der Waals surface area (Å²) >= 11 is 1.55. The molecule has 0 radical (unpaired) electrons. The number of hydrogen-bond acceptors (Lipinski definition) is 6. The second-order valence-corrected chi connectivity index (χ2v) is 10.7. The van der Waals surface area contributed by atoms with E-state index in [0.29, 0.717) is 25.3 Å². The molecule has 0 spiro atoms. The molecule has 8 heteroatoms. The Morgan fingerprint density at radius 2 is 1.97 bits per heavy atom. The summed E-state index contributed by atoms with van der Waals surface area (Å²) in [5.74, 6) is -0.858. The Morgan fingerprint density at radius 3 is 2.70 bits per heavy atom. The Kier molecular flexibility index (Phi) is 6.74. The third-order valence-corrected chi connectivity index (χ3v) is 7.69. The van der Waals surface area contributed by atoms with Gasteiger partial charge in [-0.15, -0.1) is 11.8 Å². The number of nitrogens with one attached hydrogen (secondary N) is 1. The van der Waals surface area contributed by atoms with Crippen molar-refractivity contribution in [3.63, 3.8) is 0 Å². The summed E-state index contributed by atoms with van der Waals surface area (Å²) in [4.78, 5) is 44.9. The van der Waals surface area contributed by atoms with Crippen molar-refractivity contribution < 1.29 is 19.1 Å². The molecule has 33 heavy (non-hydrogen) atoms. The summed E-state index contributed by atoms with van der Waals surface area (Å²) in [6.45, 7) is 6.16. The van der Waals surface area contributed by atoms with Gasteiger partial charge in [-0.1, -0.05) is 36.4 Å². The van der Waals surface area contributed by atoms with E-state index in [1.165, 1.54) is 0 Å². The van der Waals surface area contributed by atoms with Gasteiger partial charge in [-0.3, -0.25) is 19.4 Å². The van der Waals surface area contributed by atoms with E-state index >= 15 is 0 Å². The molecule has 2 aromatic rings. The van der Waals surface area contributed by atoms with Crippen molar-refractivity contribution in [1.82, 2.24) is 15.2 Å². The summed E-state index contributed by atoms with van der Waals surface area (Å²) in [7, 11) is 0. The van der Waals surface area contributed by atoms with E-state index in [1.54, 1.807) is 22.9 Å². The van der Waals surface area contributed by atoms with Crippen molar-refractivity contribution in [2.45, 2.75) is 57.1 Å². The molecule has 174 valence electrons. The van der Waals surface area contributed by atoms with Gasteiger partial charge in [-0.2, -0.15) is 0 Å². The minimum atomic E-state index is -0.853. The second-order valence-electron chi connectivity index (χ2n) is 9.12. The van der Waals surface area contributed by atoms with Gasteiger partial charge in [0.25, 0.3) is 5.91 Å². The molecule has 0 bridgehead atoms. The average Bonchev–Trinajstić information content (AvgIpc) is 3.32. The van der Waals surface area contributed by atoms with Crippen LogP contribution in [0.4, 0.5) is 0 Å². The van der Waals surface area contributed by atoms with Crippen LogP contribution in [-0.4, -0.2) is 50.4 Å². The summed E-state index contributed by atoms with van der Waals surface area (Å²) < 4.78 is 5.01. The molecule has 1 aromatic carbocycles. The van der Waals surface area contributed by atoms with Gasteiger partial charge in [0.15, 0.2) is 6.10 Å². The van der Waals surface area contributed by atoms with Crippen LogP contribution in [0, 0.1) is 12.8 Å². The van der Waals surface area contributed by atoms with Crippen LogP contribution in [-0.2, 0) is 32.1 Å². The van der Waals surface area contributed by atoms with Gasteiger partial charge >= 0.3 is 5.97 Å². The minimum absolute atomic E-state index is 0.228. The molecular formula is C25H29N3O4S. The molecule has 4 rings (SSSR count). The number of thioether (sulfide) groups is 1. The van der Waals surface area contributed by atoms with Gasteiger partial charge in [0.05, 0.1) is 24.0 Å². The van der Waals surface area contributed by atoms with E-state index in [0.717, 1.165) is 16.8 Å². The lowest BCUT2D eigenvalue weighted by Gasteiger charge is -2.31. The van der Waals surface area contributed by atoms with E-state index in [-0.39, 0.29) is 23.7 Å². The highest BCUT2D eigenvalue weighted by Gasteiger charge is 2.51. The number of carbonyl (C=O) groups excluding carboxylic acids is 3. The lowest BCUT2D eigenvalue weighted by atomic mass is 9.95. The van der Waals surface area contributed by atoms with E-state index in [9.17, 15) is 14.4 Å². The highest BCUT2D eigenvalue weighted by atomic mass is 32.2. The normalized spacial score (nSPS) is 23.9. The van der Waals surface area contributed by atoms with Crippen LogP contribution in [0.25, 0.3) is 0 Å². The zero-order valence-corrected chi connectivity index (χ0v) is 19.9. The lowest BCUT2D eigenvalue weighted by molar-refractivity contribution is -0.155. The Hall–Kier alpha value is -2.87. The smallest absolute Gasteiger partial charge is 0.310 e. The fraction of sp³-hybridized carbons (Fsp3) is 0.440. The van der Waals surface area contributed by atoms with Gasteiger partial charge in [0.1, 0.15) is 6.04 Å². The largest absolute Gasteiger partial charge is 0.452 e. The number of rotatable bonds is 6. The second kappa shape index (κ2) is 9.55. The standard InChI is InChI=1S/C25H29N3O4S/c1-16-8-7-11-26-19(16)14-27-22(29)21-25(2,3)33-15-28(21)23(30)20-13-18(24(31)32-20)12-17-9-5-4-6-10-17/h4-11,18,20-21H,12-15H2,1-3H3,(H,27,29)/t18-,20+,21-/m1/s1. The molecule has 2 fully saturated rings. The first kappa shape index (κ1) is 23.3. The van der Waals surface area contributed by atoms with Crippen molar-refractivity contribution >= 4 is 29.5 Å². The first-order valence-electron chi connectivity index (χ1n) is 11.1. The summed E-state index contributed by atoms with van der Waals surface area (Å²) in [6.07, 6.45) is 1.71. The van der Waals surface area contributed by atoms with Crippen molar-refractivity contribution in [2.75, 3.05) is 5.88 Å². The van der Waals surface area contributed by atoms with E-state index in [2.05, 4.69) is 10.3 Å². The molecule has 2 saturated heterocycles. The zero-order chi connectivity index (χ0) is 23.6. The van der Waals surface area contributed by atoms with Gasteiger partial charge in [0, 0.05) is 17.4 Å². The third kappa shape index (κ3) is 5.05. The monoisotopic (exact) mass is 467 g/mol. The van der Waals surface area contributed by atoms with E-state index in [1.807, 2.05) is 63.2 Å². The highest BCUT2D eigenvalue weighted by molar-refractivity contribution is 8.00. The molecule has 0 saturated carbocycles. The van der Waals surface area contributed by atoms with Crippen molar-refractivity contribution in [3.8, 4) is 0 Å². The molecule has 2 aliphatic heterocycles. The first-order chi connectivity index (χ1) is 15.8. The Labute approximate surface area is 198 Å². The van der Waals surface area contributed by atoms with Crippen LogP contribution in [0.2, 0.25) is 0 Å². The number of carbonyl (C=O) groups is 3. The van der Waals surface area contributed by atoms with Gasteiger partial charge in [-0.05, 0) is 44.4 Å². The zero-order valence-electron chi connectivity index (χ0n) is 19.1. The van der Waals surface area contributed by atoms with E-state index in [4.69, 9.17) is 4.74 Å². The molecular weight excluding hydrogens is 438 g/mol. The van der Waals surface area contributed by atoms with Gasteiger partial charge in [0.2, 0.25) is 5.91 Å². The maximum atomic E-state index is 13.4. The Morgan fingerprint density at radius 1 is 1.21 bits per heavy atom. The predicted molar refractivity (Wildman–Crippen MR) is 126 cm³/mol. The van der Waals surface area contributed by atoms with Crippen LogP contribution in [0.5, 0.6) is 0 Å². The van der Waals surface area contributed by atoms with Crippen molar-refractivity contribution in [3.05, 3.63) is 65.5 Å². The number of amides is 2. The van der Waals surface area contributed by atoms with Crippen LogP contribution >= 0.6 is 11.8 Å². The molecule has 1 N–H and O–H groups in total. The quantitative estimate of drug-likeness (QED) is 0.658. The maximum absolute atomic E-state index is 13.4. The molecule has 1 aromatic heterocycles. The minimum Gasteiger partial charge on any atom is -0.452 e. The molecule has 2 aliphatic rings. The third-order valence-electron chi connectivity index (χ3n) is 6.32. The first-order valence-corrected chi connectivity index (χ1v) is 12.1. The average molecular weight is 468 g/mol. The number of benzene rings is 1. The van der Waals surface area contributed by atoms with Gasteiger partial charge < -0.3 is 15.0 Å².